The van der Waals surface area contributed by atoms with Crippen LogP contribution in [-0.4, -0.2) is 12.5 Å². The van der Waals surface area contributed by atoms with E-state index in [1.807, 2.05) is 60.7 Å². The van der Waals surface area contributed by atoms with Crippen molar-refractivity contribution >= 4 is 23.0 Å². The summed E-state index contributed by atoms with van der Waals surface area (Å²) in [5.74, 6) is 0.596. The van der Waals surface area contributed by atoms with Crippen LogP contribution in [-0.2, 0) is 10.3 Å². The summed E-state index contributed by atoms with van der Waals surface area (Å²) < 4.78 is 26.4. The van der Waals surface area contributed by atoms with Crippen LogP contribution < -0.4 is 15.4 Å². The predicted octanol–water partition coefficient (Wildman–Crippen LogP) is 8.77. The first-order valence-electron chi connectivity index (χ1n) is 14.0. The number of ether oxygens (including phenoxy) is 2. The minimum absolute atomic E-state index is 0.153. The molecular weight excluding hydrogens is 503 g/mol. The third-order valence-electron chi connectivity index (χ3n) is 8.77. The van der Waals surface area contributed by atoms with Crippen LogP contribution in [0.25, 0.3) is 0 Å². The number of benzene rings is 4. The maximum Gasteiger partial charge on any atom is 0.340 e. The van der Waals surface area contributed by atoms with Gasteiger partial charge in [-0.05, 0) is 85.3 Å². The van der Waals surface area contributed by atoms with E-state index in [1.165, 1.54) is 12.1 Å². The fraction of sp³-hybridized carbons (Fsp3) is 0.265. The average molecular weight is 537 g/mol. The number of hydrogen-bond acceptors (Lipinski definition) is 5. The molecule has 40 heavy (non-hydrogen) atoms. The highest BCUT2D eigenvalue weighted by Crippen LogP contribution is 2.58. The van der Waals surface area contributed by atoms with Crippen molar-refractivity contribution < 1.29 is 18.7 Å². The summed E-state index contributed by atoms with van der Waals surface area (Å²) in [4.78, 5) is 13.4. The molecule has 2 aliphatic heterocycles. The van der Waals surface area contributed by atoms with E-state index in [4.69, 9.17) is 9.47 Å². The van der Waals surface area contributed by atoms with Gasteiger partial charge in [-0.15, -0.1) is 0 Å². The smallest absolute Gasteiger partial charge is 0.340 e. The molecule has 4 aromatic carbocycles. The number of hydrogen-bond donors (Lipinski definition) is 2. The van der Waals surface area contributed by atoms with Crippen LogP contribution in [0.4, 0.5) is 21.5 Å². The summed E-state index contributed by atoms with van der Waals surface area (Å²) in [7, 11) is 0. The SMILES string of the molecule is CCC(CC)(CC)CNc1cccc2c1C1(OC(=O)c3ccccc31)c1cc(Nc3ccc(F)cc3)ccc1O2. The Morgan fingerprint density at radius 2 is 1.52 bits per heavy atom. The van der Waals surface area contributed by atoms with E-state index in [1.54, 1.807) is 12.1 Å². The summed E-state index contributed by atoms with van der Waals surface area (Å²) >= 11 is 0. The Balaban J connectivity index is 1.52. The number of fused-ring (bicyclic) bond motifs is 6. The largest absolute Gasteiger partial charge is 0.456 e. The Morgan fingerprint density at radius 1 is 0.800 bits per heavy atom. The molecule has 0 saturated heterocycles. The average Bonchev–Trinajstić information content (AvgIpc) is 3.28. The molecule has 5 nitrogen and oxygen atoms in total. The summed E-state index contributed by atoms with van der Waals surface area (Å²) in [5.41, 5.74) is 4.19. The number of anilines is 3. The van der Waals surface area contributed by atoms with Gasteiger partial charge in [0.25, 0.3) is 0 Å². The third-order valence-corrected chi connectivity index (χ3v) is 8.77. The van der Waals surface area contributed by atoms with Crippen molar-refractivity contribution in [1.82, 2.24) is 0 Å². The van der Waals surface area contributed by atoms with Crippen molar-refractivity contribution in [3.8, 4) is 11.5 Å². The first-order chi connectivity index (χ1) is 19.4. The van der Waals surface area contributed by atoms with Gasteiger partial charge in [-0.2, -0.15) is 0 Å². The molecule has 0 bridgehead atoms. The van der Waals surface area contributed by atoms with Crippen molar-refractivity contribution in [2.24, 2.45) is 5.41 Å². The summed E-state index contributed by atoms with van der Waals surface area (Å²) in [6.07, 6.45) is 3.17. The number of rotatable bonds is 8. The zero-order valence-electron chi connectivity index (χ0n) is 23.0. The Kier molecular flexibility index (Phi) is 6.49. The molecule has 2 aliphatic rings. The molecule has 6 rings (SSSR count). The molecule has 1 spiro atoms. The second-order valence-corrected chi connectivity index (χ2v) is 10.7. The zero-order chi connectivity index (χ0) is 27.9. The summed E-state index contributed by atoms with van der Waals surface area (Å²) in [6, 6.07) is 25.5. The van der Waals surface area contributed by atoms with E-state index in [9.17, 15) is 9.18 Å². The van der Waals surface area contributed by atoms with E-state index < -0.39 is 5.60 Å². The lowest BCUT2D eigenvalue weighted by Crippen LogP contribution is -2.35. The van der Waals surface area contributed by atoms with Crippen molar-refractivity contribution in [3.63, 3.8) is 0 Å². The second-order valence-electron chi connectivity index (χ2n) is 10.7. The van der Waals surface area contributed by atoms with E-state index in [2.05, 4.69) is 31.4 Å². The van der Waals surface area contributed by atoms with Crippen molar-refractivity contribution in [1.29, 1.82) is 0 Å². The Hall–Kier alpha value is -4.32. The normalized spacial score (nSPS) is 16.9. The van der Waals surface area contributed by atoms with Gasteiger partial charge in [0, 0.05) is 34.7 Å². The van der Waals surface area contributed by atoms with E-state index in [0.717, 1.165) is 59.6 Å². The molecule has 204 valence electrons. The Bertz CT molecular complexity index is 1570. The van der Waals surface area contributed by atoms with Crippen LogP contribution >= 0.6 is 0 Å². The number of esters is 1. The zero-order valence-corrected chi connectivity index (χ0v) is 23.0. The van der Waals surface area contributed by atoms with Gasteiger partial charge in [0.2, 0.25) is 0 Å². The quantitative estimate of drug-likeness (QED) is 0.220. The first-order valence-corrected chi connectivity index (χ1v) is 14.0. The summed E-state index contributed by atoms with van der Waals surface area (Å²) in [6.45, 7) is 7.50. The highest BCUT2D eigenvalue weighted by molar-refractivity contribution is 5.97. The molecule has 0 fully saturated rings. The van der Waals surface area contributed by atoms with Gasteiger partial charge in [-0.3, -0.25) is 0 Å². The minimum Gasteiger partial charge on any atom is -0.456 e. The van der Waals surface area contributed by atoms with Crippen LogP contribution in [0.3, 0.4) is 0 Å². The van der Waals surface area contributed by atoms with Gasteiger partial charge >= 0.3 is 5.97 Å². The lowest BCUT2D eigenvalue weighted by molar-refractivity contribution is 0.0226. The van der Waals surface area contributed by atoms with Gasteiger partial charge < -0.3 is 20.1 Å². The van der Waals surface area contributed by atoms with Gasteiger partial charge in [-0.25, -0.2) is 9.18 Å². The lowest BCUT2D eigenvalue weighted by atomic mass is 9.76. The van der Waals surface area contributed by atoms with Crippen molar-refractivity contribution in [2.75, 3.05) is 17.2 Å². The molecule has 4 aromatic rings. The topological polar surface area (TPSA) is 59.6 Å². The maximum absolute atomic E-state index is 13.5. The third kappa shape index (κ3) is 4.10. The predicted molar refractivity (Wildman–Crippen MR) is 156 cm³/mol. The van der Waals surface area contributed by atoms with E-state index in [0.29, 0.717) is 17.1 Å². The molecule has 0 aliphatic carbocycles. The van der Waals surface area contributed by atoms with E-state index in [-0.39, 0.29) is 17.2 Å². The highest BCUT2D eigenvalue weighted by atomic mass is 19.1. The van der Waals surface area contributed by atoms with Crippen LogP contribution in [0.5, 0.6) is 11.5 Å². The number of nitrogens with one attached hydrogen (secondary N) is 2. The van der Waals surface area contributed by atoms with Crippen molar-refractivity contribution in [2.45, 2.75) is 45.6 Å². The Labute approximate surface area is 234 Å². The van der Waals surface area contributed by atoms with Gasteiger partial charge in [0.1, 0.15) is 17.3 Å². The maximum atomic E-state index is 13.5. The van der Waals surface area contributed by atoms with E-state index >= 15 is 0 Å². The fourth-order valence-corrected chi connectivity index (χ4v) is 6.06. The number of carbonyl (C=O) groups excluding carboxylic acids is 1. The van der Waals surface area contributed by atoms with Crippen LogP contribution in [0.15, 0.2) is 84.9 Å². The summed E-state index contributed by atoms with van der Waals surface area (Å²) in [5, 5.41) is 7.08. The minimum atomic E-state index is -1.20. The van der Waals surface area contributed by atoms with Crippen LogP contribution in [0.2, 0.25) is 0 Å². The van der Waals surface area contributed by atoms with Crippen LogP contribution in [0.1, 0.15) is 67.1 Å². The van der Waals surface area contributed by atoms with Gasteiger partial charge in [0.15, 0.2) is 5.60 Å². The molecule has 0 amide bonds. The standard InChI is InChI=1S/C34H33FN2O3/c1-4-33(5-2,6-3)21-36-28-12-9-13-30-31(28)34(26-11-8-7-10-25(26)32(38)40-34)27-20-24(18-19-29(27)39-30)37-23-16-14-22(35)15-17-23/h7-20,36-37H,4-6,21H2,1-3H3. The second kappa shape index (κ2) is 10.0. The highest BCUT2D eigenvalue weighted by Gasteiger charge is 2.54. The number of carbonyl (C=O) groups is 1. The number of halogens is 1. The van der Waals surface area contributed by atoms with Gasteiger partial charge in [-0.1, -0.05) is 45.0 Å². The molecule has 1 unspecified atom stereocenters. The molecule has 0 aromatic heterocycles. The molecule has 2 N–H and O–H groups in total. The molecule has 1 atom stereocenters. The molecule has 2 heterocycles. The van der Waals surface area contributed by atoms with Crippen LogP contribution in [0, 0.1) is 11.2 Å². The first kappa shape index (κ1) is 25.9. The molecular formula is C34H33FN2O3. The van der Waals surface area contributed by atoms with Crippen molar-refractivity contribution in [3.05, 3.63) is 113 Å². The lowest BCUT2D eigenvalue weighted by Gasteiger charge is -2.39. The fourth-order valence-electron chi connectivity index (χ4n) is 6.06. The molecule has 0 radical (unpaired) electrons. The monoisotopic (exact) mass is 536 g/mol. The van der Waals surface area contributed by atoms with Gasteiger partial charge in [0.05, 0.1) is 11.1 Å². The molecule has 0 saturated carbocycles. The Morgan fingerprint density at radius 3 is 2.27 bits per heavy atom. The molecule has 6 heteroatoms.